The van der Waals surface area contributed by atoms with E-state index in [1.54, 1.807) is 0 Å². The summed E-state index contributed by atoms with van der Waals surface area (Å²) in [5.74, 6) is 3.35. The second kappa shape index (κ2) is 4.50. The lowest BCUT2D eigenvalue weighted by atomic mass is 9.53. The van der Waals surface area contributed by atoms with Crippen molar-refractivity contribution in [1.29, 1.82) is 0 Å². The Hall–Kier alpha value is -0.740. The molecule has 0 heterocycles. The molecule has 8 atom stereocenters. The predicted molar refractivity (Wildman–Crippen MR) is 91.9 cm³/mol. The van der Waals surface area contributed by atoms with Crippen LogP contribution in [0.2, 0.25) is 0 Å². The highest BCUT2D eigenvalue weighted by atomic mass is 16.3. The average molecular weight is 328 g/mol. The van der Waals surface area contributed by atoms with Crippen LogP contribution in [0.5, 0.6) is 0 Å². The van der Waals surface area contributed by atoms with Gasteiger partial charge in [-0.05, 0) is 76.0 Å². The topological polar surface area (TPSA) is 65.2 Å². The van der Waals surface area contributed by atoms with Crippen LogP contribution in [0.15, 0.2) is 10.2 Å². The second-order valence-corrected chi connectivity index (χ2v) is 10.2. The molecule has 0 aromatic rings. The van der Waals surface area contributed by atoms with Gasteiger partial charge in [-0.25, -0.2) is 0 Å². The van der Waals surface area contributed by atoms with Crippen molar-refractivity contribution in [3.8, 4) is 0 Å². The minimum absolute atomic E-state index is 0.394. The van der Waals surface area contributed by atoms with Crippen LogP contribution in [0.1, 0.15) is 64.2 Å². The Morgan fingerprint density at radius 3 is 1.21 bits per heavy atom. The summed E-state index contributed by atoms with van der Waals surface area (Å²) in [7, 11) is 0. The van der Waals surface area contributed by atoms with Crippen LogP contribution in [-0.2, 0) is 0 Å². The number of aliphatic hydroxyl groups is 2. The summed E-state index contributed by atoms with van der Waals surface area (Å²) in [5, 5.41) is 31.1. The summed E-state index contributed by atoms with van der Waals surface area (Å²) >= 11 is 0. The predicted octanol–water partition coefficient (Wildman–Crippen LogP) is 2.93. The van der Waals surface area contributed by atoms with Gasteiger partial charge < -0.3 is 10.2 Å². The van der Waals surface area contributed by atoms with E-state index in [0.29, 0.717) is 23.7 Å². The Bertz CT molecular complexity index is 562. The fraction of sp³-hybridized carbons (Fsp3) is 0.900. The Balaban J connectivity index is 1.30. The molecule has 0 saturated heterocycles. The van der Waals surface area contributed by atoms with Gasteiger partial charge in [0.25, 0.3) is 0 Å². The lowest BCUT2D eigenvalue weighted by Gasteiger charge is -2.55. The lowest BCUT2D eigenvalue weighted by molar-refractivity contribution is -0.0836. The third-order valence-corrected chi connectivity index (χ3v) is 8.27. The van der Waals surface area contributed by atoms with E-state index in [1.807, 2.05) is 0 Å². The summed E-state index contributed by atoms with van der Waals surface area (Å²) in [6, 6.07) is 0. The summed E-state index contributed by atoms with van der Waals surface area (Å²) in [4.78, 5) is 0. The van der Waals surface area contributed by atoms with Gasteiger partial charge in [-0.1, -0.05) is 0 Å². The van der Waals surface area contributed by atoms with Crippen LogP contribution in [0.3, 0.4) is 0 Å². The zero-order chi connectivity index (χ0) is 16.1. The normalized spacial score (nSPS) is 60.6. The first kappa shape index (κ1) is 14.4. The van der Waals surface area contributed by atoms with Gasteiger partial charge >= 0.3 is 0 Å². The third kappa shape index (κ3) is 1.99. The minimum atomic E-state index is -0.394. The van der Waals surface area contributed by atoms with E-state index in [2.05, 4.69) is 0 Å². The standard InChI is InChI=1S/C20H28N2O2/c23-19-5-11-1-13(7-19)17(14(2-11)8-19)21-22-18-15-3-12-4-16(18)10-20(24,6-12)9-15/h11-16,23-24H,1-10H2/t11?,12?,13-,14+,15-,16+,19?,20?. The van der Waals surface area contributed by atoms with E-state index in [9.17, 15) is 10.2 Å². The molecule has 4 nitrogen and oxygen atoms in total. The van der Waals surface area contributed by atoms with E-state index in [-0.39, 0.29) is 0 Å². The molecule has 130 valence electrons. The van der Waals surface area contributed by atoms with Crippen LogP contribution < -0.4 is 0 Å². The number of hydrogen-bond donors (Lipinski definition) is 2. The first-order chi connectivity index (χ1) is 11.5. The molecule has 0 aromatic heterocycles. The monoisotopic (exact) mass is 328 g/mol. The maximum absolute atomic E-state index is 10.7. The van der Waals surface area contributed by atoms with E-state index in [0.717, 1.165) is 50.4 Å². The molecule has 8 fully saturated rings. The molecule has 0 aromatic carbocycles. The van der Waals surface area contributed by atoms with Gasteiger partial charge in [0.2, 0.25) is 0 Å². The Kier molecular flexibility index (Phi) is 2.71. The van der Waals surface area contributed by atoms with Crippen molar-refractivity contribution in [3.63, 3.8) is 0 Å². The molecular formula is C20H28N2O2. The quantitative estimate of drug-likeness (QED) is 0.727. The maximum Gasteiger partial charge on any atom is 0.0663 e. The Labute approximate surface area is 143 Å². The fourth-order valence-electron chi connectivity index (χ4n) is 7.89. The van der Waals surface area contributed by atoms with E-state index < -0.39 is 11.2 Å². The number of hydrogen-bond acceptors (Lipinski definition) is 4. The molecule has 8 aliphatic carbocycles. The van der Waals surface area contributed by atoms with Crippen LogP contribution in [0, 0.1) is 35.5 Å². The third-order valence-electron chi connectivity index (χ3n) is 8.27. The molecular weight excluding hydrogens is 300 g/mol. The Morgan fingerprint density at radius 1 is 0.583 bits per heavy atom. The van der Waals surface area contributed by atoms with Crippen LogP contribution in [-0.4, -0.2) is 32.8 Å². The molecule has 4 unspecified atom stereocenters. The van der Waals surface area contributed by atoms with Crippen molar-refractivity contribution in [2.24, 2.45) is 45.7 Å². The number of nitrogens with zero attached hydrogens (tertiary/aromatic N) is 2. The molecule has 24 heavy (non-hydrogen) atoms. The molecule has 8 bridgehead atoms. The summed E-state index contributed by atoms with van der Waals surface area (Å²) in [6.45, 7) is 0. The fourth-order valence-corrected chi connectivity index (χ4v) is 7.89. The molecule has 2 N–H and O–H groups in total. The van der Waals surface area contributed by atoms with Gasteiger partial charge in [-0.3, -0.25) is 0 Å². The zero-order valence-electron chi connectivity index (χ0n) is 14.3. The van der Waals surface area contributed by atoms with E-state index in [1.165, 1.54) is 37.1 Å². The van der Waals surface area contributed by atoms with Crippen molar-refractivity contribution in [3.05, 3.63) is 0 Å². The van der Waals surface area contributed by atoms with Crippen LogP contribution in [0.4, 0.5) is 0 Å². The second-order valence-electron chi connectivity index (χ2n) is 10.2. The summed E-state index contributed by atoms with van der Waals surface area (Å²) < 4.78 is 0. The van der Waals surface area contributed by atoms with Gasteiger partial charge in [0, 0.05) is 35.1 Å². The molecule has 4 heteroatoms. The molecule has 8 saturated carbocycles. The highest BCUT2D eigenvalue weighted by molar-refractivity contribution is 5.94. The lowest BCUT2D eigenvalue weighted by Crippen LogP contribution is -2.55. The maximum atomic E-state index is 10.7. The van der Waals surface area contributed by atoms with E-state index in [4.69, 9.17) is 10.2 Å². The van der Waals surface area contributed by atoms with Gasteiger partial charge in [-0.2, -0.15) is 10.2 Å². The number of rotatable bonds is 1. The van der Waals surface area contributed by atoms with Gasteiger partial charge in [-0.15, -0.1) is 0 Å². The molecule has 0 aliphatic heterocycles. The van der Waals surface area contributed by atoms with E-state index >= 15 is 0 Å². The van der Waals surface area contributed by atoms with Gasteiger partial charge in [0.1, 0.15) is 0 Å². The molecule has 8 aliphatic rings. The van der Waals surface area contributed by atoms with Crippen molar-refractivity contribution < 1.29 is 10.2 Å². The first-order valence-electron chi connectivity index (χ1n) is 10.1. The molecule has 0 radical (unpaired) electrons. The van der Waals surface area contributed by atoms with Gasteiger partial charge in [0.05, 0.1) is 11.2 Å². The highest BCUT2D eigenvalue weighted by Gasteiger charge is 2.55. The summed E-state index contributed by atoms with van der Waals surface area (Å²) in [6.07, 6.45) is 10.6. The highest BCUT2D eigenvalue weighted by Crippen LogP contribution is 2.56. The smallest absolute Gasteiger partial charge is 0.0663 e. The first-order valence-corrected chi connectivity index (χ1v) is 10.1. The van der Waals surface area contributed by atoms with Crippen LogP contribution in [0.25, 0.3) is 0 Å². The van der Waals surface area contributed by atoms with Crippen molar-refractivity contribution in [1.82, 2.24) is 0 Å². The minimum Gasteiger partial charge on any atom is -0.390 e. The SMILES string of the molecule is OC12CC3C[C@H](C1)C(=NN=C1[C@@H]4CC5C[C@H]1CC(O)(C5)C4)[C@@H](C3)C2. The molecule has 0 spiro atoms. The van der Waals surface area contributed by atoms with Crippen molar-refractivity contribution in [2.75, 3.05) is 0 Å². The summed E-state index contributed by atoms with van der Waals surface area (Å²) in [5.41, 5.74) is 1.81. The van der Waals surface area contributed by atoms with Crippen molar-refractivity contribution >= 4 is 11.4 Å². The Morgan fingerprint density at radius 2 is 0.917 bits per heavy atom. The molecule has 0 amide bonds. The largest absolute Gasteiger partial charge is 0.390 e. The van der Waals surface area contributed by atoms with Gasteiger partial charge in [0.15, 0.2) is 0 Å². The van der Waals surface area contributed by atoms with Crippen molar-refractivity contribution in [2.45, 2.75) is 75.4 Å². The molecule has 8 rings (SSSR count). The zero-order valence-corrected chi connectivity index (χ0v) is 14.3. The average Bonchev–Trinajstić information content (AvgIpc) is 2.45. The van der Waals surface area contributed by atoms with Crippen LogP contribution >= 0.6 is 0 Å².